The van der Waals surface area contributed by atoms with Crippen molar-refractivity contribution in [2.45, 2.75) is 37.9 Å². The van der Waals surface area contributed by atoms with Gasteiger partial charge >= 0.3 is 6.03 Å². The maximum Gasteiger partial charge on any atom is 0.327 e. The van der Waals surface area contributed by atoms with Crippen molar-refractivity contribution in [2.75, 3.05) is 26.7 Å². The Morgan fingerprint density at radius 1 is 1.17 bits per heavy atom. The highest BCUT2D eigenvalue weighted by atomic mass is 16.3. The summed E-state index contributed by atoms with van der Waals surface area (Å²) < 4.78 is 0. The van der Waals surface area contributed by atoms with Crippen molar-refractivity contribution in [2.24, 2.45) is 0 Å². The number of rotatable bonds is 4. The third-order valence-corrected chi connectivity index (χ3v) is 5.50. The van der Waals surface area contributed by atoms with E-state index in [1.807, 2.05) is 37.3 Å². The van der Waals surface area contributed by atoms with Crippen molar-refractivity contribution in [3.8, 4) is 0 Å². The summed E-state index contributed by atoms with van der Waals surface area (Å²) in [5.41, 5.74) is 0.230. The van der Waals surface area contributed by atoms with E-state index < -0.39 is 5.54 Å². The zero-order valence-electron chi connectivity index (χ0n) is 14.3. The number of likely N-dealkylation sites (N-methyl/N-ethyl adjacent to an activating group) is 1. The molecule has 1 atom stereocenters. The second-order valence-corrected chi connectivity index (χ2v) is 6.82. The Morgan fingerprint density at radius 2 is 1.79 bits per heavy atom. The van der Waals surface area contributed by atoms with Gasteiger partial charge in [-0.3, -0.25) is 14.6 Å². The Kier molecular flexibility index (Phi) is 4.60. The molecule has 6 nitrogen and oxygen atoms in total. The highest BCUT2D eigenvalue weighted by Crippen LogP contribution is 2.37. The number of imide groups is 1. The predicted molar refractivity (Wildman–Crippen MR) is 90.2 cm³/mol. The molecule has 2 saturated heterocycles. The van der Waals surface area contributed by atoms with E-state index >= 15 is 0 Å². The second-order valence-electron chi connectivity index (χ2n) is 6.82. The van der Waals surface area contributed by atoms with Gasteiger partial charge in [0.2, 0.25) is 0 Å². The zero-order valence-corrected chi connectivity index (χ0v) is 14.3. The number of likely N-dealkylation sites (tertiary alicyclic amines) is 1. The van der Waals surface area contributed by atoms with Crippen molar-refractivity contribution in [3.63, 3.8) is 0 Å². The Hall–Kier alpha value is -1.92. The van der Waals surface area contributed by atoms with Gasteiger partial charge < -0.3 is 10.0 Å². The molecule has 0 radical (unpaired) electrons. The Bertz CT molecular complexity index is 611. The fourth-order valence-corrected chi connectivity index (χ4v) is 3.75. The molecule has 1 N–H and O–H groups in total. The molecule has 2 heterocycles. The first-order valence-electron chi connectivity index (χ1n) is 8.48. The lowest BCUT2D eigenvalue weighted by Crippen LogP contribution is -2.57. The van der Waals surface area contributed by atoms with Crippen LogP contribution in [0, 0.1) is 0 Å². The highest BCUT2D eigenvalue weighted by Gasteiger charge is 2.56. The summed E-state index contributed by atoms with van der Waals surface area (Å²) in [7, 11) is 1.73. The van der Waals surface area contributed by atoms with E-state index in [1.165, 1.54) is 4.90 Å². The second kappa shape index (κ2) is 6.53. The van der Waals surface area contributed by atoms with Crippen molar-refractivity contribution < 1.29 is 14.7 Å². The molecule has 2 fully saturated rings. The number of benzene rings is 1. The van der Waals surface area contributed by atoms with Crippen molar-refractivity contribution in [3.05, 3.63) is 35.9 Å². The molecule has 0 aromatic heterocycles. The zero-order chi connectivity index (χ0) is 17.3. The number of hydrogen-bond donors (Lipinski definition) is 1. The van der Waals surface area contributed by atoms with Crippen LogP contribution in [0.3, 0.4) is 0 Å². The smallest absolute Gasteiger partial charge is 0.327 e. The average Bonchev–Trinajstić information content (AvgIpc) is 2.79. The van der Waals surface area contributed by atoms with Crippen LogP contribution in [0.5, 0.6) is 0 Å². The van der Waals surface area contributed by atoms with E-state index in [0.717, 1.165) is 5.56 Å². The van der Waals surface area contributed by atoms with E-state index in [2.05, 4.69) is 4.90 Å². The van der Waals surface area contributed by atoms with E-state index in [0.29, 0.717) is 32.5 Å². The molecular weight excluding hydrogens is 306 g/mol. The molecule has 0 unspecified atom stereocenters. The third kappa shape index (κ3) is 2.70. The van der Waals surface area contributed by atoms with Crippen LogP contribution in [0.15, 0.2) is 30.3 Å². The fraction of sp³-hybridized carbons (Fsp3) is 0.556. The summed E-state index contributed by atoms with van der Waals surface area (Å²) >= 11 is 0. The first-order chi connectivity index (χ1) is 11.5. The summed E-state index contributed by atoms with van der Waals surface area (Å²) in [6.07, 6.45) is 1.23. The average molecular weight is 331 g/mol. The standard InChI is InChI=1S/C18H25N3O3/c1-14(13-22)20-10-8-18(9-11-20)16(23)21(17(24)19(18)2)12-15-6-4-3-5-7-15/h3-7,14,22H,8-13H2,1-2H3/t14-/m0/s1. The van der Waals surface area contributed by atoms with E-state index in [9.17, 15) is 14.7 Å². The van der Waals surface area contributed by atoms with Crippen LogP contribution >= 0.6 is 0 Å². The van der Waals surface area contributed by atoms with Crippen molar-refractivity contribution >= 4 is 11.9 Å². The van der Waals surface area contributed by atoms with Gasteiger partial charge in [-0.1, -0.05) is 30.3 Å². The number of carbonyl (C=O) groups is 2. The largest absolute Gasteiger partial charge is 0.395 e. The summed E-state index contributed by atoms with van der Waals surface area (Å²) in [5.74, 6) is -0.0878. The minimum Gasteiger partial charge on any atom is -0.395 e. The molecular formula is C18H25N3O3. The first-order valence-corrected chi connectivity index (χ1v) is 8.48. The van der Waals surface area contributed by atoms with Crippen LogP contribution in [-0.4, -0.2) is 70.1 Å². The SMILES string of the molecule is C[C@@H](CO)N1CCC2(CC1)C(=O)N(Cc1ccccc1)C(=O)N2C. The van der Waals surface area contributed by atoms with Crippen LogP contribution < -0.4 is 0 Å². The van der Waals surface area contributed by atoms with Gasteiger partial charge in [-0.25, -0.2) is 4.79 Å². The van der Waals surface area contributed by atoms with Gasteiger partial charge in [0.05, 0.1) is 13.2 Å². The molecule has 2 aliphatic rings. The monoisotopic (exact) mass is 331 g/mol. The molecule has 1 spiro atoms. The maximum absolute atomic E-state index is 13.0. The first kappa shape index (κ1) is 16.9. The predicted octanol–water partition coefficient (Wildman–Crippen LogP) is 1.30. The van der Waals surface area contributed by atoms with E-state index in [-0.39, 0.29) is 24.6 Å². The number of piperidine rings is 1. The molecule has 1 aromatic carbocycles. The van der Waals surface area contributed by atoms with Gasteiger partial charge in [-0.2, -0.15) is 0 Å². The van der Waals surface area contributed by atoms with Gasteiger partial charge in [0.25, 0.3) is 5.91 Å². The Morgan fingerprint density at radius 3 is 2.38 bits per heavy atom. The maximum atomic E-state index is 13.0. The molecule has 0 aliphatic carbocycles. The normalized spacial score (nSPS) is 22.5. The molecule has 1 aromatic rings. The number of aliphatic hydroxyl groups is 1. The lowest BCUT2D eigenvalue weighted by Gasteiger charge is -2.42. The Balaban J connectivity index is 1.76. The number of urea groups is 1. The van der Waals surface area contributed by atoms with E-state index in [1.54, 1.807) is 11.9 Å². The summed E-state index contributed by atoms with van der Waals surface area (Å²) in [4.78, 5) is 30.9. The fourth-order valence-electron chi connectivity index (χ4n) is 3.75. The lowest BCUT2D eigenvalue weighted by atomic mass is 9.85. The van der Waals surface area contributed by atoms with Crippen molar-refractivity contribution in [1.82, 2.24) is 14.7 Å². The molecule has 24 heavy (non-hydrogen) atoms. The lowest BCUT2D eigenvalue weighted by molar-refractivity contribution is -0.136. The van der Waals surface area contributed by atoms with Crippen molar-refractivity contribution in [1.29, 1.82) is 0 Å². The van der Waals surface area contributed by atoms with Crippen LogP contribution in [0.4, 0.5) is 4.79 Å². The van der Waals surface area contributed by atoms with Gasteiger partial charge in [0, 0.05) is 26.2 Å². The Labute approximate surface area is 142 Å². The van der Waals surface area contributed by atoms with Gasteiger partial charge in [-0.05, 0) is 25.3 Å². The molecule has 130 valence electrons. The van der Waals surface area contributed by atoms with Gasteiger partial charge in [-0.15, -0.1) is 0 Å². The van der Waals surface area contributed by atoms with Crippen LogP contribution in [-0.2, 0) is 11.3 Å². The summed E-state index contributed by atoms with van der Waals surface area (Å²) in [5, 5.41) is 9.31. The highest BCUT2D eigenvalue weighted by molar-refractivity contribution is 6.06. The third-order valence-electron chi connectivity index (χ3n) is 5.50. The number of nitrogens with zero attached hydrogens (tertiary/aromatic N) is 3. The van der Waals surface area contributed by atoms with Crippen LogP contribution in [0.2, 0.25) is 0 Å². The number of aliphatic hydroxyl groups excluding tert-OH is 1. The topological polar surface area (TPSA) is 64.1 Å². The van der Waals surface area contributed by atoms with Gasteiger partial charge in [0.15, 0.2) is 0 Å². The molecule has 6 heteroatoms. The minimum absolute atomic E-state index is 0.0836. The molecule has 0 saturated carbocycles. The summed E-state index contributed by atoms with van der Waals surface area (Å²) in [6, 6.07) is 9.47. The minimum atomic E-state index is -0.725. The number of carbonyl (C=O) groups excluding carboxylic acids is 2. The summed E-state index contributed by atoms with van der Waals surface area (Å²) in [6.45, 7) is 3.83. The number of hydrogen-bond acceptors (Lipinski definition) is 4. The van der Waals surface area contributed by atoms with Crippen LogP contribution in [0.1, 0.15) is 25.3 Å². The molecule has 3 amide bonds. The quantitative estimate of drug-likeness (QED) is 0.845. The molecule has 0 bridgehead atoms. The van der Waals surface area contributed by atoms with E-state index in [4.69, 9.17) is 0 Å². The van der Waals surface area contributed by atoms with Crippen LogP contribution in [0.25, 0.3) is 0 Å². The van der Waals surface area contributed by atoms with Gasteiger partial charge in [0.1, 0.15) is 5.54 Å². The molecule has 2 aliphatic heterocycles. The number of amides is 3. The molecule has 3 rings (SSSR count).